The van der Waals surface area contributed by atoms with Gasteiger partial charge < -0.3 is 16.0 Å². The average molecular weight is 255 g/mol. The number of terminal acetylenes is 1. The van der Waals surface area contributed by atoms with Gasteiger partial charge in [-0.15, -0.1) is 12.8 Å². The predicted octanol–water partition coefficient (Wildman–Crippen LogP) is -0.597. The van der Waals surface area contributed by atoms with Gasteiger partial charge >= 0.3 is 0 Å². The van der Waals surface area contributed by atoms with Gasteiger partial charge in [0.15, 0.2) is 0 Å². The van der Waals surface area contributed by atoms with E-state index in [1.54, 1.807) is 6.92 Å². The van der Waals surface area contributed by atoms with Crippen molar-refractivity contribution in [3.63, 3.8) is 0 Å². The molecule has 1 rings (SSSR count). The minimum absolute atomic E-state index is 0.185. The lowest BCUT2D eigenvalue weighted by atomic mass is 10.3. The lowest BCUT2D eigenvalue weighted by molar-refractivity contribution is -0.127. The molecule has 1 aliphatic rings. The van der Waals surface area contributed by atoms with Crippen LogP contribution in [0.4, 0.5) is 0 Å². The number of nitrogens with one attached hydrogen (secondary N) is 3. The fourth-order valence-corrected chi connectivity index (χ4v) is 1.15. The molecule has 1 heterocycles. The Hall–Kier alpha value is -2.03. The largest absolute Gasteiger partial charge is 0.357 e. The quantitative estimate of drug-likeness (QED) is 0.576. The summed E-state index contributed by atoms with van der Waals surface area (Å²) in [5, 5.41) is 7.54. The summed E-state index contributed by atoms with van der Waals surface area (Å²) in [5.74, 6) is -0.179. The molecule has 0 unspecified atom stereocenters. The number of hydrogen-bond donors (Lipinski definition) is 3. The second-order valence-electron chi connectivity index (χ2n) is 3.49. The molecule has 1 aliphatic heterocycles. The molecule has 0 aromatic rings. The van der Waals surface area contributed by atoms with Gasteiger partial charge in [-0.2, -0.15) is 0 Å². The first kappa shape index (κ1) is 18.3. The number of rotatable bonds is 2. The van der Waals surface area contributed by atoms with Crippen LogP contribution in [0.1, 0.15) is 26.7 Å². The molecule has 6 nitrogen and oxygen atoms in total. The molecule has 3 amide bonds. The van der Waals surface area contributed by atoms with Crippen molar-refractivity contribution >= 4 is 17.7 Å². The molecular weight excluding hydrogens is 234 g/mol. The molecule has 1 fully saturated rings. The van der Waals surface area contributed by atoms with Crippen LogP contribution in [-0.4, -0.2) is 37.4 Å². The van der Waals surface area contributed by atoms with E-state index in [9.17, 15) is 14.4 Å². The standard InChI is InChI=1S/C6H12N2O2.C4H7NO.C2H2/c1-4(6(10)7-3)8-5(2)9;6-4-2-1-3-5-4;1-2/h4H,1-3H3,(H,7,10)(H,8,9);1-3H2,(H,5,6);1-2H/t4-;;/m0../s1. The molecule has 0 spiro atoms. The van der Waals surface area contributed by atoms with Crippen LogP contribution in [0.2, 0.25) is 0 Å². The molecule has 0 saturated carbocycles. The van der Waals surface area contributed by atoms with Crippen molar-refractivity contribution in [2.45, 2.75) is 32.7 Å². The van der Waals surface area contributed by atoms with Crippen LogP contribution in [0, 0.1) is 12.8 Å². The van der Waals surface area contributed by atoms with E-state index in [0.717, 1.165) is 19.4 Å². The average Bonchev–Trinajstić information content (AvgIpc) is 2.81. The Morgan fingerprint density at radius 3 is 2.17 bits per heavy atom. The zero-order valence-electron chi connectivity index (χ0n) is 11.1. The van der Waals surface area contributed by atoms with Crippen molar-refractivity contribution in [3.8, 4) is 12.8 Å². The molecule has 1 atom stereocenters. The van der Waals surface area contributed by atoms with E-state index in [-0.39, 0.29) is 17.7 Å². The minimum Gasteiger partial charge on any atom is -0.357 e. The highest BCUT2D eigenvalue weighted by Gasteiger charge is 2.10. The van der Waals surface area contributed by atoms with Crippen LogP contribution in [0.5, 0.6) is 0 Å². The summed E-state index contributed by atoms with van der Waals surface area (Å²) in [7, 11) is 1.53. The Labute approximate surface area is 108 Å². The highest BCUT2D eigenvalue weighted by molar-refractivity contribution is 5.86. The topological polar surface area (TPSA) is 87.3 Å². The molecule has 0 aliphatic carbocycles. The van der Waals surface area contributed by atoms with Crippen LogP contribution in [0.3, 0.4) is 0 Å². The fourth-order valence-electron chi connectivity index (χ4n) is 1.15. The molecule has 3 N–H and O–H groups in total. The Bertz CT molecular complexity index is 292. The first-order valence-electron chi connectivity index (χ1n) is 5.56. The van der Waals surface area contributed by atoms with Crippen molar-refractivity contribution in [1.82, 2.24) is 16.0 Å². The van der Waals surface area contributed by atoms with Gasteiger partial charge in [-0.25, -0.2) is 0 Å². The van der Waals surface area contributed by atoms with Crippen LogP contribution >= 0.6 is 0 Å². The normalized spacial score (nSPS) is 13.7. The summed E-state index contributed by atoms with van der Waals surface area (Å²) in [6.45, 7) is 3.89. The molecule has 102 valence electrons. The van der Waals surface area contributed by atoms with Crippen LogP contribution in [0.15, 0.2) is 0 Å². The number of likely N-dealkylation sites (N-methyl/N-ethyl adjacent to an activating group) is 1. The summed E-state index contributed by atoms with van der Waals surface area (Å²) < 4.78 is 0. The lowest BCUT2D eigenvalue weighted by Gasteiger charge is -2.09. The van der Waals surface area contributed by atoms with Gasteiger partial charge in [-0.1, -0.05) is 0 Å². The maximum absolute atomic E-state index is 10.7. The number of amides is 3. The molecular formula is C12H21N3O3. The molecule has 0 aromatic heterocycles. The molecule has 18 heavy (non-hydrogen) atoms. The maximum atomic E-state index is 10.7. The molecule has 0 bridgehead atoms. The Morgan fingerprint density at radius 2 is 1.94 bits per heavy atom. The second-order valence-corrected chi connectivity index (χ2v) is 3.49. The third kappa shape index (κ3) is 10.5. The number of carbonyl (C=O) groups excluding carboxylic acids is 3. The molecule has 1 saturated heterocycles. The van der Waals surface area contributed by atoms with E-state index in [0.29, 0.717) is 0 Å². The summed E-state index contributed by atoms with van der Waals surface area (Å²) in [6, 6.07) is -0.442. The maximum Gasteiger partial charge on any atom is 0.242 e. The monoisotopic (exact) mass is 255 g/mol. The minimum atomic E-state index is -0.442. The van der Waals surface area contributed by atoms with Crippen molar-refractivity contribution in [2.75, 3.05) is 13.6 Å². The van der Waals surface area contributed by atoms with E-state index in [2.05, 4.69) is 28.8 Å². The van der Waals surface area contributed by atoms with Gasteiger partial charge in [0.05, 0.1) is 0 Å². The van der Waals surface area contributed by atoms with Gasteiger partial charge in [0, 0.05) is 26.9 Å². The van der Waals surface area contributed by atoms with Gasteiger partial charge in [0.2, 0.25) is 17.7 Å². The van der Waals surface area contributed by atoms with E-state index in [1.807, 2.05) is 0 Å². The molecule has 0 radical (unpaired) electrons. The Kier molecular flexibility index (Phi) is 11.7. The van der Waals surface area contributed by atoms with E-state index in [4.69, 9.17) is 0 Å². The molecule has 0 aromatic carbocycles. The van der Waals surface area contributed by atoms with Crippen LogP contribution < -0.4 is 16.0 Å². The van der Waals surface area contributed by atoms with E-state index >= 15 is 0 Å². The molecule has 6 heteroatoms. The Morgan fingerprint density at radius 1 is 1.39 bits per heavy atom. The third-order valence-electron chi connectivity index (χ3n) is 1.96. The predicted molar refractivity (Wildman–Crippen MR) is 69.5 cm³/mol. The fraction of sp³-hybridized carbons (Fsp3) is 0.583. The Balaban J connectivity index is 0. The van der Waals surface area contributed by atoms with E-state index < -0.39 is 6.04 Å². The summed E-state index contributed by atoms with van der Waals surface area (Å²) >= 11 is 0. The first-order chi connectivity index (χ1) is 8.47. The number of carbonyl (C=O) groups is 3. The van der Waals surface area contributed by atoms with Gasteiger partial charge in [0.1, 0.15) is 6.04 Å². The zero-order valence-corrected chi connectivity index (χ0v) is 11.1. The summed E-state index contributed by atoms with van der Waals surface area (Å²) in [5.41, 5.74) is 0. The van der Waals surface area contributed by atoms with Crippen molar-refractivity contribution < 1.29 is 14.4 Å². The lowest BCUT2D eigenvalue weighted by Crippen LogP contribution is -2.42. The van der Waals surface area contributed by atoms with Crippen molar-refractivity contribution in [2.24, 2.45) is 0 Å². The van der Waals surface area contributed by atoms with E-state index in [1.165, 1.54) is 14.0 Å². The smallest absolute Gasteiger partial charge is 0.242 e. The SMILES string of the molecule is C#C.CNC(=O)[C@H](C)NC(C)=O.O=C1CCCN1. The summed E-state index contributed by atoms with van der Waals surface area (Å²) in [6.07, 6.45) is 9.76. The van der Waals surface area contributed by atoms with Gasteiger partial charge in [-0.3, -0.25) is 14.4 Å². The highest BCUT2D eigenvalue weighted by atomic mass is 16.2. The first-order valence-corrected chi connectivity index (χ1v) is 5.56. The van der Waals surface area contributed by atoms with Crippen LogP contribution in [-0.2, 0) is 14.4 Å². The highest BCUT2D eigenvalue weighted by Crippen LogP contribution is 1.93. The van der Waals surface area contributed by atoms with Gasteiger partial charge in [0.25, 0.3) is 0 Å². The third-order valence-corrected chi connectivity index (χ3v) is 1.96. The summed E-state index contributed by atoms with van der Waals surface area (Å²) in [4.78, 5) is 31.2. The zero-order chi connectivity index (χ0) is 14.6. The van der Waals surface area contributed by atoms with Crippen LogP contribution in [0.25, 0.3) is 0 Å². The van der Waals surface area contributed by atoms with Gasteiger partial charge in [-0.05, 0) is 13.3 Å². The van der Waals surface area contributed by atoms with Crippen molar-refractivity contribution in [1.29, 1.82) is 0 Å². The van der Waals surface area contributed by atoms with Crippen molar-refractivity contribution in [3.05, 3.63) is 0 Å². The second kappa shape index (κ2) is 11.5. The number of hydrogen-bond acceptors (Lipinski definition) is 3.